The van der Waals surface area contributed by atoms with E-state index in [0.29, 0.717) is 24.9 Å². The lowest BCUT2D eigenvalue weighted by Crippen LogP contribution is -2.31. The molecule has 0 atom stereocenters. The maximum absolute atomic E-state index is 9.29. The molecule has 0 saturated heterocycles. The summed E-state index contributed by atoms with van der Waals surface area (Å²) in [4.78, 5) is 15.3. The van der Waals surface area contributed by atoms with Crippen LogP contribution in [-0.4, -0.2) is 26.6 Å². The highest BCUT2D eigenvalue weighted by molar-refractivity contribution is 5.76. The molecule has 0 spiro atoms. The molecule has 0 aliphatic carbocycles. The molecular weight excluding hydrogens is 356 g/mol. The van der Waals surface area contributed by atoms with Gasteiger partial charge in [-0.2, -0.15) is 4.98 Å². The fraction of sp³-hybridized carbons (Fsp3) is 0.190. The van der Waals surface area contributed by atoms with E-state index in [0.717, 1.165) is 35.5 Å². The van der Waals surface area contributed by atoms with E-state index in [1.165, 1.54) is 11.8 Å². The van der Waals surface area contributed by atoms with Crippen LogP contribution in [0.1, 0.15) is 17.0 Å². The molecule has 1 N–H and O–H groups in total. The molecule has 0 amide bonds. The molecule has 0 fully saturated rings. The SMILES string of the molecule is Oc1ccc(COc2ccc3oc(N4CCc5cccnc5C4)nc3c2)nc1. The normalized spacial score (nSPS) is 13.5. The second-order valence-corrected chi connectivity index (χ2v) is 6.70. The van der Waals surface area contributed by atoms with Gasteiger partial charge in [0.05, 0.1) is 24.1 Å². The number of oxazole rings is 1. The van der Waals surface area contributed by atoms with E-state index in [-0.39, 0.29) is 5.75 Å². The number of fused-ring (bicyclic) bond motifs is 2. The highest BCUT2D eigenvalue weighted by atomic mass is 16.5. The monoisotopic (exact) mass is 374 g/mol. The van der Waals surface area contributed by atoms with E-state index in [2.05, 4.69) is 25.9 Å². The van der Waals surface area contributed by atoms with Crippen LogP contribution in [0.4, 0.5) is 6.01 Å². The number of anilines is 1. The van der Waals surface area contributed by atoms with E-state index in [1.54, 1.807) is 12.1 Å². The molecule has 140 valence electrons. The van der Waals surface area contributed by atoms with E-state index in [9.17, 15) is 5.11 Å². The number of pyridine rings is 2. The van der Waals surface area contributed by atoms with Crippen LogP contribution in [0.5, 0.6) is 11.5 Å². The van der Waals surface area contributed by atoms with Gasteiger partial charge in [0.2, 0.25) is 0 Å². The van der Waals surface area contributed by atoms with Gasteiger partial charge in [-0.05, 0) is 42.3 Å². The van der Waals surface area contributed by atoms with Crippen molar-refractivity contribution < 1.29 is 14.3 Å². The van der Waals surface area contributed by atoms with Crippen molar-refractivity contribution in [1.82, 2.24) is 15.0 Å². The average molecular weight is 374 g/mol. The molecule has 1 aromatic carbocycles. The van der Waals surface area contributed by atoms with Crippen molar-refractivity contribution in [2.45, 2.75) is 19.6 Å². The van der Waals surface area contributed by atoms with E-state index >= 15 is 0 Å². The zero-order valence-corrected chi connectivity index (χ0v) is 15.1. The van der Waals surface area contributed by atoms with Crippen LogP contribution in [0, 0.1) is 0 Å². The number of aromatic hydroxyl groups is 1. The maximum atomic E-state index is 9.29. The molecular formula is C21H18N4O3. The van der Waals surface area contributed by atoms with Crippen molar-refractivity contribution in [3.8, 4) is 11.5 Å². The Balaban J connectivity index is 1.33. The van der Waals surface area contributed by atoms with Gasteiger partial charge < -0.3 is 19.2 Å². The summed E-state index contributed by atoms with van der Waals surface area (Å²) >= 11 is 0. The average Bonchev–Trinajstić information content (AvgIpc) is 3.16. The van der Waals surface area contributed by atoms with Crippen LogP contribution in [0.3, 0.4) is 0 Å². The lowest BCUT2D eigenvalue weighted by molar-refractivity contribution is 0.301. The van der Waals surface area contributed by atoms with Gasteiger partial charge in [-0.25, -0.2) is 0 Å². The van der Waals surface area contributed by atoms with E-state index < -0.39 is 0 Å². The smallest absolute Gasteiger partial charge is 0.298 e. The van der Waals surface area contributed by atoms with Crippen LogP contribution in [0.2, 0.25) is 0 Å². The van der Waals surface area contributed by atoms with Crippen molar-refractivity contribution in [2.75, 3.05) is 11.4 Å². The minimum atomic E-state index is 0.135. The summed E-state index contributed by atoms with van der Waals surface area (Å²) in [6, 6.07) is 13.6. The summed E-state index contributed by atoms with van der Waals surface area (Å²) in [6.45, 7) is 1.85. The number of hydrogen-bond donors (Lipinski definition) is 1. The predicted molar refractivity (Wildman–Crippen MR) is 103 cm³/mol. The number of rotatable bonds is 4. The van der Waals surface area contributed by atoms with Crippen molar-refractivity contribution in [1.29, 1.82) is 0 Å². The lowest BCUT2D eigenvalue weighted by Gasteiger charge is -2.26. The molecule has 28 heavy (non-hydrogen) atoms. The van der Waals surface area contributed by atoms with Crippen molar-refractivity contribution in [3.63, 3.8) is 0 Å². The van der Waals surface area contributed by atoms with E-state index in [1.807, 2.05) is 30.5 Å². The Kier molecular flexibility index (Phi) is 4.05. The number of aromatic nitrogens is 3. The zero-order valence-electron chi connectivity index (χ0n) is 15.1. The number of nitrogens with zero attached hydrogens (tertiary/aromatic N) is 4. The molecule has 7 nitrogen and oxygen atoms in total. The van der Waals surface area contributed by atoms with Gasteiger partial charge in [0, 0.05) is 18.8 Å². The van der Waals surface area contributed by atoms with Gasteiger partial charge in [0.1, 0.15) is 23.6 Å². The Labute approximate surface area is 161 Å². The molecule has 0 saturated carbocycles. The Morgan fingerprint density at radius 3 is 3.00 bits per heavy atom. The molecule has 0 unspecified atom stereocenters. The summed E-state index contributed by atoms with van der Waals surface area (Å²) in [5.74, 6) is 0.823. The highest BCUT2D eigenvalue weighted by Crippen LogP contribution is 2.28. The Hall–Kier alpha value is -3.61. The summed E-state index contributed by atoms with van der Waals surface area (Å²) in [7, 11) is 0. The maximum Gasteiger partial charge on any atom is 0.298 e. The molecule has 3 aromatic heterocycles. The first-order valence-corrected chi connectivity index (χ1v) is 9.09. The van der Waals surface area contributed by atoms with Gasteiger partial charge >= 0.3 is 0 Å². The van der Waals surface area contributed by atoms with Gasteiger partial charge in [0.15, 0.2) is 5.58 Å². The molecule has 0 radical (unpaired) electrons. The molecule has 4 aromatic rings. The minimum absolute atomic E-state index is 0.135. The Morgan fingerprint density at radius 2 is 2.11 bits per heavy atom. The first-order chi connectivity index (χ1) is 13.7. The van der Waals surface area contributed by atoms with Gasteiger partial charge in [-0.3, -0.25) is 9.97 Å². The van der Waals surface area contributed by atoms with E-state index in [4.69, 9.17) is 9.15 Å². The largest absolute Gasteiger partial charge is 0.506 e. The minimum Gasteiger partial charge on any atom is -0.506 e. The van der Waals surface area contributed by atoms with Crippen LogP contribution in [0.15, 0.2) is 59.3 Å². The lowest BCUT2D eigenvalue weighted by atomic mass is 10.1. The summed E-state index contributed by atoms with van der Waals surface area (Å²) in [5.41, 5.74) is 4.56. The number of ether oxygens (including phenoxy) is 1. The van der Waals surface area contributed by atoms with Crippen molar-refractivity contribution >= 4 is 17.1 Å². The van der Waals surface area contributed by atoms with Crippen LogP contribution in [0.25, 0.3) is 11.1 Å². The van der Waals surface area contributed by atoms with Crippen molar-refractivity contribution in [2.24, 2.45) is 0 Å². The third-order valence-electron chi connectivity index (χ3n) is 4.79. The van der Waals surface area contributed by atoms with Crippen LogP contribution in [-0.2, 0) is 19.6 Å². The molecule has 7 heteroatoms. The second kappa shape index (κ2) is 6.84. The molecule has 1 aliphatic rings. The summed E-state index contributed by atoms with van der Waals surface area (Å²) < 4.78 is 11.7. The Bertz CT molecular complexity index is 1120. The number of benzene rings is 1. The van der Waals surface area contributed by atoms with Gasteiger partial charge in [-0.15, -0.1) is 0 Å². The fourth-order valence-electron chi connectivity index (χ4n) is 3.30. The van der Waals surface area contributed by atoms with Crippen LogP contribution >= 0.6 is 0 Å². The summed E-state index contributed by atoms with van der Waals surface area (Å²) in [6.07, 6.45) is 4.15. The topological polar surface area (TPSA) is 84.5 Å². The van der Waals surface area contributed by atoms with Crippen molar-refractivity contribution in [3.05, 3.63) is 71.8 Å². The molecule has 5 rings (SSSR count). The fourth-order valence-corrected chi connectivity index (χ4v) is 3.30. The highest BCUT2D eigenvalue weighted by Gasteiger charge is 2.21. The number of hydrogen-bond acceptors (Lipinski definition) is 7. The second-order valence-electron chi connectivity index (χ2n) is 6.70. The zero-order chi connectivity index (χ0) is 18.9. The third-order valence-corrected chi connectivity index (χ3v) is 4.79. The summed E-state index contributed by atoms with van der Waals surface area (Å²) in [5, 5.41) is 9.29. The first-order valence-electron chi connectivity index (χ1n) is 9.09. The molecule has 1 aliphatic heterocycles. The standard InChI is InChI=1S/C21H18N4O3/c26-16-4-3-15(23-11-16)13-27-17-5-6-20-18(10-17)24-21(28-20)25-9-7-14-2-1-8-22-19(14)12-25/h1-6,8,10-11,26H,7,9,12-13H2. The quantitative estimate of drug-likeness (QED) is 0.585. The molecule has 0 bridgehead atoms. The van der Waals surface area contributed by atoms with Gasteiger partial charge in [0.25, 0.3) is 6.01 Å². The van der Waals surface area contributed by atoms with Gasteiger partial charge in [-0.1, -0.05) is 6.07 Å². The molecule has 4 heterocycles. The first kappa shape index (κ1) is 16.6. The Morgan fingerprint density at radius 1 is 1.14 bits per heavy atom. The third kappa shape index (κ3) is 3.22. The van der Waals surface area contributed by atoms with Crippen LogP contribution < -0.4 is 9.64 Å². The predicted octanol–water partition coefficient (Wildman–Crippen LogP) is 3.47.